The van der Waals surface area contributed by atoms with Crippen LogP contribution in [-0.4, -0.2) is 16.2 Å². The molecule has 0 aliphatic carbocycles. The van der Waals surface area contributed by atoms with Gasteiger partial charge in [-0.2, -0.15) is 0 Å². The van der Waals surface area contributed by atoms with E-state index in [9.17, 15) is 5.11 Å². The molecule has 86 valence electrons. The summed E-state index contributed by atoms with van der Waals surface area (Å²) in [5, 5.41) is 10.9. The summed E-state index contributed by atoms with van der Waals surface area (Å²) in [5.74, 6) is 0.666. The molecule has 2 nitrogen and oxygen atoms in total. The van der Waals surface area contributed by atoms with E-state index in [-0.39, 0.29) is 6.10 Å². The molecular weight excluding hydrogens is 206 g/mol. The number of hydrogen-bond acceptors (Lipinski definition) is 3. The zero-order valence-corrected chi connectivity index (χ0v) is 10.9. The van der Waals surface area contributed by atoms with Crippen LogP contribution in [0.2, 0.25) is 0 Å². The van der Waals surface area contributed by atoms with Crippen LogP contribution >= 0.6 is 11.3 Å². The topological polar surface area (TPSA) is 33.1 Å². The number of hydrogen-bond donors (Lipinski definition) is 1. The molecule has 0 spiro atoms. The van der Waals surface area contributed by atoms with Gasteiger partial charge in [0.1, 0.15) is 0 Å². The predicted molar refractivity (Wildman–Crippen MR) is 65.4 cm³/mol. The molecule has 1 heterocycles. The van der Waals surface area contributed by atoms with Crippen molar-refractivity contribution in [2.75, 3.05) is 0 Å². The van der Waals surface area contributed by atoms with Gasteiger partial charge in [-0.1, -0.05) is 13.8 Å². The number of aryl methyl sites for hydroxylation is 2. The smallest absolute Gasteiger partial charge is 0.0956 e. The Balaban J connectivity index is 2.40. The summed E-state index contributed by atoms with van der Waals surface area (Å²) >= 11 is 1.71. The van der Waals surface area contributed by atoms with Crippen LogP contribution in [0.5, 0.6) is 0 Å². The Bertz CT molecular complexity index is 287. The summed E-state index contributed by atoms with van der Waals surface area (Å²) in [6.07, 6.45) is 2.46. The highest BCUT2D eigenvalue weighted by atomic mass is 32.1. The highest BCUT2D eigenvalue weighted by Crippen LogP contribution is 2.19. The Labute approximate surface area is 96.4 Å². The Hall–Kier alpha value is -0.410. The van der Waals surface area contributed by atoms with Crippen LogP contribution in [-0.2, 0) is 6.42 Å². The van der Waals surface area contributed by atoms with E-state index >= 15 is 0 Å². The van der Waals surface area contributed by atoms with Crippen LogP contribution in [0.3, 0.4) is 0 Å². The maximum Gasteiger partial charge on any atom is 0.0956 e. The van der Waals surface area contributed by atoms with Crippen LogP contribution < -0.4 is 0 Å². The van der Waals surface area contributed by atoms with E-state index < -0.39 is 0 Å². The van der Waals surface area contributed by atoms with Gasteiger partial charge in [0.15, 0.2) is 0 Å². The first kappa shape index (κ1) is 12.7. The van der Waals surface area contributed by atoms with E-state index in [0.29, 0.717) is 12.3 Å². The van der Waals surface area contributed by atoms with E-state index in [2.05, 4.69) is 25.8 Å². The zero-order valence-electron chi connectivity index (χ0n) is 10.1. The molecule has 0 aromatic carbocycles. The molecule has 1 atom stereocenters. The van der Waals surface area contributed by atoms with Gasteiger partial charge in [-0.3, -0.25) is 0 Å². The van der Waals surface area contributed by atoms with Gasteiger partial charge in [-0.15, -0.1) is 11.3 Å². The summed E-state index contributed by atoms with van der Waals surface area (Å²) in [7, 11) is 0. The fourth-order valence-corrected chi connectivity index (χ4v) is 2.46. The van der Waals surface area contributed by atoms with E-state index in [1.54, 1.807) is 11.3 Å². The van der Waals surface area contributed by atoms with Crippen molar-refractivity contribution in [3.8, 4) is 0 Å². The van der Waals surface area contributed by atoms with E-state index in [0.717, 1.165) is 23.5 Å². The molecule has 15 heavy (non-hydrogen) atoms. The summed E-state index contributed by atoms with van der Waals surface area (Å²) in [4.78, 5) is 5.70. The van der Waals surface area contributed by atoms with Gasteiger partial charge in [0.25, 0.3) is 0 Å². The molecule has 0 radical (unpaired) electrons. The van der Waals surface area contributed by atoms with Gasteiger partial charge in [0.05, 0.1) is 16.8 Å². The number of aliphatic hydroxyl groups is 1. The third kappa shape index (κ3) is 4.31. The molecule has 1 N–H and O–H groups in total. The molecule has 1 unspecified atom stereocenters. The molecule has 1 aromatic rings. The van der Waals surface area contributed by atoms with Gasteiger partial charge in [0.2, 0.25) is 0 Å². The highest BCUT2D eigenvalue weighted by Gasteiger charge is 2.10. The molecule has 0 saturated carbocycles. The average Bonchev–Trinajstić information content (AvgIpc) is 2.42. The van der Waals surface area contributed by atoms with Crippen LogP contribution in [0.25, 0.3) is 0 Å². The van der Waals surface area contributed by atoms with Gasteiger partial charge >= 0.3 is 0 Å². The van der Waals surface area contributed by atoms with Crippen LogP contribution in [0.1, 0.15) is 42.3 Å². The fourth-order valence-electron chi connectivity index (χ4n) is 1.46. The molecule has 0 bridgehead atoms. The molecular formula is C12H21NOS. The van der Waals surface area contributed by atoms with Crippen molar-refractivity contribution in [3.05, 3.63) is 15.6 Å². The second kappa shape index (κ2) is 5.61. The van der Waals surface area contributed by atoms with Crippen LogP contribution in [0, 0.1) is 19.8 Å². The van der Waals surface area contributed by atoms with Gasteiger partial charge in [-0.05, 0) is 32.6 Å². The van der Waals surface area contributed by atoms with Crippen molar-refractivity contribution in [2.45, 2.75) is 53.1 Å². The minimum Gasteiger partial charge on any atom is -0.393 e. The largest absolute Gasteiger partial charge is 0.393 e. The van der Waals surface area contributed by atoms with Crippen molar-refractivity contribution < 1.29 is 5.11 Å². The lowest BCUT2D eigenvalue weighted by atomic mass is 10.0. The Morgan fingerprint density at radius 1 is 1.27 bits per heavy atom. The minimum atomic E-state index is -0.225. The molecule has 1 rings (SSSR count). The fraction of sp³-hybridized carbons (Fsp3) is 0.750. The normalized spacial score (nSPS) is 13.5. The summed E-state index contributed by atoms with van der Waals surface area (Å²) < 4.78 is 0. The van der Waals surface area contributed by atoms with Crippen molar-refractivity contribution >= 4 is 11.3 Å². The van der Waals surface area contributed by atoms with Crippen molar-refractivity contribution in [1.29, 1.82) is 0 Å². The summed E-state index contributed by atoms with van der Waals surface area (Å²) in [6.45, 7) is 8.47. The third-order valence-corrected chi connectivity index (χ3v) is 3.66. The first-order chi connectivity index (χ1) is 6.99. The number of rotatable bonds is 5. The second-order valence-corrected chi connectivity index (χ2v) is 5.87. The monoisotopic (exact) mass is 227 g/mol. The highest BCUT2D eigenvalue weighted by molar-refractivity contribution is 7.11. The van der Waals surface area contributed by atoms with E-state index in [4.69, 9.17) is 0 Å². The Kier molecular flexibility index (Phi) is 4.74. The van der Waals surface area contributed by atoms with Gasteiger partial charge < -0.3 is 5.11 Å². The standard InChI is InChI=1S/C12H21NOS/c1-8(2)5-6-11(14)7-12-13-9(3)10(4)15-12/h8,11,14H,5-7H2,1-4H3. The molecule has 0 saturated heterocycles. The second-order valence-electron chi connectivity index (χ2n) is 4.58. The number of aromatic nitrogens is 1. The quantitative estimate of drug-likeness (QED) is 0.838. The lowest BCUT2D eigenvalue weighted by Gasteiger charge is -2.10. The number of aliphatic hydroxyl groups excluding tert-OH is 1. The molecule has 1 aromatic heterocycles. The van der Waals surface area contributed by atoms with Crippen LogP contribution in [0.4, 0.5) is 0 Å². The van der Waals surface area contributed by atoms with E-state index in [1.807, 2.05) is 6.92 Å². The molecule has 0 amide bonds. The average molecular weight is 227 g/mol. The third-order valence-electron chi connectivity index (χ3n) is 2.56. The predicted octanol–water partition coefficient (Wildman–Crippen LogP) is 3.10. The minimum absolute atomic E-state index is 0.225. The molecule has 0 aliphatic heterocycles. The Morgan fingerprint density at radius 2 is 1.93 bits per heavy atom. The van der Waals surface area contributed by atoms with Gasteiger partial charge in [0, 0.05) is 11.3 Å². The zero-order chi connectivity index (χ0) is 11.4. The lowest BCUT2D eigenvalue weighted by Crippen LogP contribution is -2.11. The Morgan fingerprint density at radius 3 is 2.40 bits per heavy atom. The van der Waals surface area contributed by atoms with E-state index in [1.165, 1.54) is 4.88 Å². The number of thiazole rings is 1. The summed E-state index contributed by atoms with van der Waals surface area (Å²) in [6, 6.07) is 0. The SMILES string of the molecule is Cc1nc(CC(O)CCC(C)C)sc1C. The number of nitrogens with zero attached hydrogens (tertiary/aromatic N) is 1. The first-order valence-electron chi connectivity index (χ1n) is 5.60. The maximum atomic E-state index is 9.82. The first-order valence-corrected chi connectivity index (χ1v) is 6.41. The van der Waals surface area contributed by atoms with Crippen LogP contribution in [0.15, 0.2) is 0 Å². The lowest BCUT2D eigenvalue weighted by molar-refractivity contribution is 0.157. The van der Waals surface area contributed by atoms with Crippen molar-refractivity contribution in [3.63, 3.8) is 0 Å². The molecule has 3 heteroatoms. The summed E-state index contributed by atoms with van der Waals surface area (Å²) in [5.41, 5.74) is 1.10. The van der Waals surface area contributed by atoms with Gasteiger partial charge in [-0.25, -0.2) is 4.98 Å². The molecule has 0 aliphatic rings. The molecule has 0 fully saturated rings. The van der Waals surface area contributed by atoms with Crippen molar-refractivity contribution in [1.82, 2.24) is 4.98 Å². The van der Waals surface area contributed by atoms with Crippen molar-refractivity contribution in [2.24, 2.45) is 5.92 Å². The maximum absolute atomic E-state index is 9.82.